The minimum absolute atomic E-state index is 0.000737. The highest BCUT2D eigenvalue weighted by Crippen LogP contribution is 2.13. The lowest BCUT2D eigenvalue weighted by molar-refractivity contribution is -0.135. The number of hydrogen-bond acceptors (Lipinski definition) is 5. The van der Waals surface area contributed by atoms with Crippen molar-refractivity contribution in [2.24, 2.45) is 32.9 Å². The van der Waals surface area contributed by atoms with Gasteiger partial charge in [0.05, 0.1) is 6.54 Å². The quantitative estimate of drug-likeness (QED) is 0.163. The van der Waals surface area contributed by atoms with Crippen LogP contribution in [0.1, 0.15) is 19.3 Å². The SMILES string of the molecule is CN1C(=O)C[C@@H](CCCN=C(N)N)NC(=O)[C@@H]1CN=C(N)NC(N)=O. The highest BCUT2D eigenvalue weighted by molar-refractivity contribution is 5.95. The van der Waals surface area contributed by atoms with E-state index >= 15 is 0 Å². The zero-order chi connectivity index (χ0) is 19.0. The van der Waals surface area contributed by atoms with Crippen LogP contribution in [0.2, 0.25) is 0 Å². The fourth-order valence-corrected chi connectivity index (χ4v) is 2.33. The van der Waals surface area contributed by atoms with Crippen LogP contribution >= 0.6 is 0 Å². The summed E-state index contributed by atoms with van der Waals surface area (Å²) in [5.41, 5.74) is 20.9. The van der Waals surface area contributed by atoms with Crippen molar-refractivity contribution in [3.8, 4) is 0 Å². The standard InChI is InChI=1S/C13H25N9O3/c1-22-8(6-19-12(16)21-13(17)25)10(24)20-7(5-9(22)23)3-2-4-18-11(14)15/h7-8H,2-6H2,1H3,(H,20,24)(H4,14,15,18)(H5,16,17,19,21,25)/t7-,8+/m1/s1. The van der Waals surface area contributed by atoms with Gasteiger partial charge in [-0.15, -0.1) is 0 Å². The van der Waals surface area contributed by atoms with Gasteiger partial charge in [0.15, 0.2) is 11.9 Å². The van der Waals surface area contributed by atoms with Gasteiger partial charge in [-0.2, -0.15) is 0 Å². The van der Waals surface area contributed by atoms with Gasteiger partial charge in [-0.25, -0.2) is 4.79 Å². The summed E-state index contributed by atoms with van der Waals surface area (Å²) >= 11 is 0. The van der Waals surface area contributed by atoms with Crippen molar-refractivity contribution in [1.82, 2.24) is 15.5 Å². The van der Waals surface area contributed by atoms with E-state index in [0.717, 1.165) is 0 Å². The van der Waals surface area contributed by atoms with Crippen LogP contribution < -0.4 is 33.6 Å². The number of nitrogens with one attached hydrogen (secondary N) is 2. The first-order valence-electron chi connectivity index (χ1n) is 7.68. The highest BCUT2D eigenvalue weighted by Gasteiger charge is 2.33. The Bertz CT molecular complexity index is 571. The Morgan fingerprint density at radius 1 is 1.28 bits per heavy atom. The van der Waals surface area contributed by atoms with Gasteiger partial charge in [-0.3, -0.25) is 24.9 Å². The summed E-state index contributed by atoms with van der Waals surface area (Å²) in [6, 6.07) is -2.01. The average molecular weight is 355 g/mol. The highest BCUT2D eigenvalue weighted by atomic mass is 16.2. The maximum Gasteiger partial charge on any atom is 0.318 e. The first-order valence-corrected chi connectivity index (χ1v) is 7.68. The van der Waals surface area contributed by atoms with E-state index in [1.54, 1.807) is 0 Å². The molecule has 1 fully saturated rings. The number of nitrogens with two attached hydrogens (primary N) is 4. The molecule has 0 bridgehead atoms. The number of guanidine groups is 2. The van der Waals surface area contributed by atoms with Crippen LogP contribution in [0.5, 0.6) is 0 Å². The number of nitrogens with zero attached hydrogens (tertiary/aromatic N) is 3. The molecule has 0 aromatic carbocycles. The van der Waals surface area contributed by atoms with Crippen molar-refractivity contribution < 1.29 is 14.4 Å². The fraction of sp³-hybridized carbons (Fsp3) is 0.615. The van der Waals surface area contributed by atoms with Gasteiger partial charge in [-0.1, -0.05) is 0 Å². The Labute approximate surface area is 145 Å². The maximum atomic E-state index is 12.4. The van der Waals surface area contributed by atoms with Gasteiger partial charge in [0.2, 0.25) is 11.8 Å². The van der Waals surface area contributed by atoms with Gasteiger partial charge >= 0.3 is 6.03 Å². The summed E-state index contributed by atoms with van der Waals surface area (Å²) < 4.78 is 0. The Balaban J connectivity index is 2.68. The molecule has 140 valence electrons. The number of carbonyl (C=O) groups is 3. The monoisotopic (exact) mass is 355 g/mol. The molecule has 0 aliphatic carbocycles. The summed E-state index contributed by atoms with van der Waals surface area (Å²) in [5.74, 6) is -0.775. The molecule has 0 unspecified atom stereocenters. The number of primary amides is 1. The molecule has 1 heterocycles. The topological polar surface area (TPSA) is 207 Å². The second-order valence-electron chi connectivity index (χ2n) is 5.59. The molecule has 0 aromatic heterocycles. The number of aliphatic imine (C=N–C) groups is 2. The predicted molar refractivity (Wildman–Crippen MR) is 92.2 cm³/mol. The molecule has 12 nitrogen and oxygen atoms in total. The number of likely N-dealkylation sites (N-methyl/N-ethyl adjacent to an activating group) is 1. The van der Waals surface area contributed by atoms with Gasteiger partial charge in [-0.05, 0) is 12.8 Å². The first kappa shape index (κ1) is 20.0. The molecule has 1 rings (SSSR count). The minimum atomic E-state index is -0.864. The average Bonchev–Trinajstić information content (AvgIpc) is 2.59. The van der Waals surface area contributed by atoms with Crippen molar-refractivity contribution in [2.45, 2.75) is 31.3 Å². The molecule has 0 radical (unpaired) electrons. The number of amides is 4. The molecular formula is C13H25N9O3. The predicted octanol–water partition coefficient (Wildman–Crippen LogP) is -3.26. The number of carbonyl (C=O) groups excluding carboxylic acids is 3. The Morgan fingerprint density at radius 2 is 1.96 bits per heavy atom. The minimum Gasteiger partial charge on any atom is -0.370 e. The van der Waals surface area contributed by atoms with Gasteiger partial charge in [0.25, 0.3) is 0 Å². The summed E-state index contributed by atoms with van der Waals surface area (Å²) in [6.45, 7) is 0.322. The molecule has 1 saturated heterocycles. The second-order valence-corrected chi connectivity index (χ2v) is 5.59. The largest absolute Gasteiger partial charge is 0.370 e. The third-order valence-corrected chi connectivity index (χ3v) is 3.62. The van der Waals surface area contributed by atoms with Crippen LogP contribution in [-0.4, -0.2) is 66.9 Å². The van der Waals surface area contributed by atoms with Crippen LogP contribution in [-0.2, 0) is 9.59 Å². The molecule has 25 heavy (non-hydrogen) atoms. The van der Waals surface area contributed by atoms with E-state index in [2.05, 4.69) is 20.6 Å². The Morgan fingerprint density at radius 3 is 2.56 bits per heavy atom. The summed E-state index contributed by atoms with van der Waals surface area (Å²) in [6.07, 6.45) is 1.35. The van der Waals surface area contributed by atoms with Crippen LogP contribution in [0.4, 0.5) is 4.79 Å². The van der Waals surface area contributed by atoms with E-state index < -0.39 is 12.1 Å². The second kappa shape index (κ2) is 9.30. The summed E-state index contributed by atoms with van der Waals surface area (Å²) in [7, 11) is 1.52. The van der Waals surface area contributed by atoms with Crippen LogP contribution in [0.25, 0.3) is 0 Å². The van der Waals surface area contributed by atoms with E-state index in [0.29, 0.717) is 19.4 Å². The lowest BCUT2D eigenvalue weighted by Crippen LogP contribution is -2.48. The van der Waals surface area contributed by atoms with Crippen molar-refractivity contribution in [2.75, 3.05) is 20.1 Å². The Kier molecular flexibility index (Phi) is 7.43. The van der Waals surface area contributed by atoms with E-state index in [9.17, 15) is 14.4 Å². The van der Waals surface area contributed by atoms with Gasteiger partial charge < -0.3 is 33.2 Å². The molecule has 0 aromatic rings. The Hall–Kier alpha value is -3.05. The fourth-order valence-electron chi connectivity index (χ4n) is 2.33. The molecule has 12 heteroatoms. The zero-order valence-electron chi connectivity index (χ0n) is 14.1. The van der Waals surface area contributed by atoms with Crippen LogP contribution in [0, 0.1) is 0 Å². The van der Waals surface area contributed by atoms with Crippen LogP contribution in [0.15, 0.2) is 9.98 Å². The van der Waals surface area contributed by atoms with Crippen molar-refractivity contribution in [1.29, 1.82) is 0 Å². The lowest BCUT2D eigenvalue weighted by Gasteiger charge is -2.22. The summed E-state index contributed by atoms with van der Waals surface area (Å²) in [5, 5.41) is 4.90. The molecule has 1 aliphatic rings. The van der Waals surface area contributed by atoms with E-state index in [4.69, 9.17) is 22.9 Å². The third kappa shape index (κ3) is 6.93. The maximum absolute atomic E-state index is 12.4. The van der Waals surface area contributed by atoms with Crippen molar-refractivity contribution in [3.63, 3.8) is 0 Å². The number of urea groups is 1. The van der Waals surface area contributed by atoms with Crippen molar-refractivity contribution in [3.05, 3.63) is 0 Å². The molecule has 4 amide bonds. The van der Waals surface area contributed by atoms with Crippen LogP contribution in [0.3, 0.4) is 0 Å². The molecule has 2 atom stereocenters. The van der Waals surface area contributed by atoms with E-state index in [1.165, 1.54) is 11.9 Å². The smallest absolute Gasteiger partial charge is 0.318 e. The third-order valence-electron chi connectivity index (χ3n) is 3.62. The molecule has 1 aliphatic heterocycles. The zero-order valence-corrected chi connectivity index (χ0v) is 14.1. The first-order chi connectivity index (χ1) is 11.7. The van der Waals surface area contributed by atoms with E-state index in [1.807, 2.05) is 0 Å². The summed E-state index contributed by atoms with van der Waals surface area (Å²) in [4.78, 5) is 44.3. The molecule has 10 N–H and O–H groups in total. The van der Waals surface area contributed by atoms with E-state index in [-0.39, 0.29) is 42.7 Å². The normalized spacial score (nSPS) is 21.3. The molecule has 0 saturated carbocycles. The van der Waals surface area contributed by atoms with Crippen molar-refractivity contribution >= 4 is 29.8 Å². The number of hydrogen-bond donors (Lipinski definition) is 6. The molecule has 0 spiro atoms. The van der Waals surface area contributed by atoms with Gasteiger partial charge in [0.1, 0.15) is 6.04 Å². The molecular weight excluding hydrogens is 330 g/mol. The van der Waals surface area contributed by atoms with Gasteiger partial charge in [0, 0.05) is 26.1 Å². The number of rotatable bonds is 6. The lowest BCUT2D eigenvalue weighted by atomic mass is 10.1.